The Morgan fingerprint density at radius 1 is 1.00 bits per heavy atom. The Morgan fingerprint density at radius 3 is 2.61 bits per heavy atom. The van der Waals surface area contributed by atoms with Crippen LogP contribution in [0.25, 0.3) is 5.00 Å². The molecule has 7 heteroatoms. The van der Waals surface area contributed by atoms with Gasteiger partial charge in [0.25, 0.3) is 0 Å². The summed E-state index contributed by atoms with van der Waals surface area (Å²) in [5.41, 5.74) is 6.72. The molecule has 6 nitrogen and oxygen atoms in total. The topological polar surface area (TPSA) is 63.6 Å². The quantitative estimate of drug-likeness (QED) is 0.291. The Labute approximate surface area is 226 Å². The van der Waals surface area contributed by atoms with Crippen LogP contribution in [0.3, 0.4) is 0 Å². The lowest BCUT2D eigenvalue weighted by molar-refractivity contribution is 0.0527. The van der Waals surface area contributed by atoms with E-state index in [0.29, 0.717) is 17.8 Å². The maximum atomic E-state index is 14.2. The van der Waals surface area contributed by atoms with E-state index in [4.69, 9.17) is 4.74 Å². The van der Waals surface area contributed by atoms with Gasteiger partial charge in [0.1, 0.15) is 5.00 Å². The van der Waals surface area contributed by atoms with Crippen LogP contribution in [0.4, 0.5) is 10.5 Å². The highest BCUT2D eigenvalue weighted by Crippen LogP contribution is 2.44. The molecular weight excluding hydrogens is 494 g/mol. The fraction of sp³-hybridized carbons (Fsp3) is 0.290. The second kappa shape index (κ2) is 10.1. The van der Waals surface area contributed by atoms with Crippen molar-refractivity contribution in [1.29, 1.82) is 0 Å². The molecule has 0 fully saturated rings. The molecule has 4 aromatic rings. The predicted molar refractivity (Wildman–Crippen MR) is 150 cm³/mol. The zero-order valence-electron chi connectivity index (χ0n) is 21.7. The predicted octanol–water partition coefficient (Wildman–Crippen LogP) is 7.04. The number of hydrogen-bond acceptors (Lipinski definition) is 4. The SMILES string of the molecule is CCOC(=O)c1ccccc1NC(=O)N1Cc2c(sc3c2CCCC3)-n2cccc2C1c1ccc(C)cc1. The summed E-state index contributed by atoms with van der Waals surface area (Å²) in [4.78, 5) is 30.2. The van der Waals surface area contributed by atoms with Gasteiger partial charge in [0.15, 0.2) is 0 Å². The van der Waals surface area contributed by atoms with E-state index in [1.54, 1.807) is 25.1 Å². The summed E-state index contributed by atoms with van der Waals surface area (Å²) in [5.74, 6) is -0.447. The molecule has 6 rings (SSSR count). The van der Waals surface area contributed by atoms with Crippen molar-refractivity contribution in [1.82, 2.24) is 9.47 Å². The lowest BCUT2D eigenvalue weighted by Gasteiger charge is -2.31. The second-order valence-electron chi connectivity index (χ2n) is 9.93. The molecule has 2 aromatic heterocycles. The average molecular weight is 526 g/mol. The summed E-state index contributed by atoms with van der Waals surface area (Å²) in [6, 6.07) is 19.1. The Kier molecular flexibility index (Phi) is 6.54. The van der Waals surface area contributed by atoms with Gasteiger partial charge in [0.05, 0.1) is 36.1 Å². The lowest BCUT2D eigenvalue weighted by Crippen LogP contribution is -2.38. The van der Waals surface area contributed by atoms with E-state index < -0.39 is 5.97 Å². The number of aromatic nitrogens is 1. The molecule has 0 radical (unpaired) electrons. The molecule has 3 heterocycles. The summed E-state index contributed by atoms with van der Waals surface area (Å²) < 4.78 is 7.53. The number of carbonyl (C=O) groups is 2. The van der Waals surface area contributed by atoms with Gasteiger partial charge in [-0.25, -0.2) is 9.59 Å². The molecule has 1 unspecified atom stereocenters. The van der Waals surface area contributed by atoms with Crippen molar-refractivity contribution in [3.05, 3.63) is 105 Å². The van der Waals surface area contributed by atoms with Gasteiger partial charge < -0.3 is 19.5 Å². The Bertz CT molecular complexity index is 1500. The molecule has 0 spiro atoms. The Morgan fingerprint density at radius 2 is 1.79 bits per heavy atom. The first-order valence-electron chi connectivity index (χ1n) is 13.3. The normalized spacial score (nSPS) is 16.2. The first-order valence-corrected chi connectivity index (χ1v) is 14.1. The fourth-order valence-electron chi connectivity index (χ4n) is 5.65. The van der Waals surface area contributed by atoms with Gasteiger partial charge in [-0.2, -0.15) is 0 Å². The molecule has 0 saturated carbocycles. The Balaban J connectivity index is 1.46. The molecule has 1 aliphatic carbocycles. The van der Waals surface area contributed by atoms with Crippen LogP contribution in [-0.2, 0) is 24.1 Å². The molecule has 1 aliphatic heterocycles. The minimum absolute atomic E-state index is 0.247. The maximum absolute atomic E-state index is 14.2. The number of esters is 1. The Hall–Kier alpha value is -3.84. The van der Waals surface area contributed by atoms with Crippen LogP contribution in [0.15, 0.2) is 66.9 Å². The van der Waals surface area contributed by atoms with Crippen molar-refractivity contribution < 1.29 is 14.3 Å². The molecular formula is C31H31N3O3S. The minimum atomic E-state index is -0.447. The number of nitrogens with zero attached hydrogens (tertiary/aromatic N) is 2. The van der Waals surface area contributed by atoms with Crippen LogP contribution in [0.1, 0.15) is 69.0 Å². The number of amides is 2. The summed E-state index contributed by atoms with van der Waals surface area (Å²) in [6.45, 7) is 4.61. The van der Waals surface area contributed by atoms with Crippen LogP contribution in [0, 0.1) is 6.92 Å². The number of nitrogens with one attached hydrogen (secondary N) is 1. The van der Waals surface area contributed by atoms with E-state index in [-0.39, 0.29) is 18.7 Å². The first kappa shape index (κ1) is 24.5. The molecule has 1 atom stereocenters. The molecule has 2 aromatic carbocycles. The van der Waals surface area contributed by atoms with Gasteiger partial charge in [-0.1, -0.05) is 42.0 Å². The number of anilines is 1. The summed E-state index contributed by atoms with van der Waals surface area (Å²) >= 11 is 1.87. The number of urea groups is 1. The molecule has 1 N–H and O–H groups in total. The highest BCUT2D eigenvalue weighted by atomic mass is 32.1. The molecule has 2 aliphatic rings. The molecule has 194 valence electrons. The van der Waals surface area contributed by atoms with Gasteiger partial charge >= 0.3 is 12.0 Å². The van der Waals surface area contributed by atoms with Crippen molar-refractivity contribution in [2.75, 3.05) is 11.9 Å². The number of fused-ring (bicyclic) bond motifs is 5. The third kappa shape index (κ3) is 4.31. The van der Waals surface area contributed by atoms with E-state index in [1.807, 2.05) is 22.3 Å². The van der Waals surface area contributed by atoms with Gasteiger partial charge in [0, 0.05) is 16.6 Å². The summed E-state index contributed by atoms with van der Waals surface area (Å²) in [5, 5.41) is 4.28. The third-order valence-electron chi connectivity index (χ3n) is 7.50. The highest BCUT2D eigenvalue weighted by molar-refractivity contribution is 7.15. The number of para-hydroxylation sites is 1. The number of aryl methyl sites for hydroxylation is 2. The van der Waals surface area contributed by atoms with Crippen molar-refractivity contribution in [2.45, 2.75) is 52.1 Å². The minimum Gasteiger partial charge on any atom is -0.462 e. The van der Waals surface area contributed by atoms with Crippen LogP contribution < -0.4 is 5.32 Å². The second-order valence-corrected chi connectivity index (χ2v) is 11.0. The van der Waals surface area contributed by atoms with Crippen LogP contribution in [0.2, 0.25) is 0 Å². The lowest BCUT2D eigenvalue weighted by atomic mass is 9.95. The van der Waals surface area contributed by atoms with Crippen molar-refractivity contribution in [3.63, 3.8) is 0 Å². The molecule has 2 amide bonds. The molecule has 0 saturated heterocycles. The van der Waals surface area contributed by atoms with Gasteiger partial charge in [-0.15, -0.1) is 11.3 Å². The monoisotopic (exact) mass is 525 g/mol. The zero-order chi connectivity index (χ0) is 26.2. The highest BCUT2D eigenvalue weighted by Gasteiger charge is 2.36. The average Bonchev–Trinajstić information content (AvgIpc) is 3.52. The fourth-order valence-corrected chi connectivity index (χ4v) is 7.06. The van der Waals surface area contributed by atoms with E-state index in [9.17, 15) is 9.59 Å². The van der Waals surface area contributed by atoms with Crippen molar-refractivity contribution >= 4 is 29.0 Å². The van der Waals surface area contributed by atoms with Crippen LogP contribution in [0.5, 0.6) is 0 Å². The summed E-state index contributed by atoms with van der Waals surface area (Å²) in [7, 11) is 0. The van der Waals surface area contributed by atoms with E-state index in [1.165, 1.54) is 39.4 Å². The van der Waals surface area contributed by atoms with Gasteiger partial charge in [0.2, 0.25) is 0 Å². The standard InChI is InChI=1S/C31H31N3O3S/c1-3-37-30(35)23-10-4-6-11-25(23)32-31(36)34-19-24-22-9-5-7-13-27(22)38-29(24)33-18-8-12-26(33)28(34)21-16-14-20(2)15-17-21/h4,6,8,10-12,14-18,28H,3,5,7,9,13,19H2,1-2H3,(H,32,36). The molecule has 38 heavy (non-hydrogen) atoms. The van der Waals surface area contributed by atoms with E-state index in [0.717, 1.165) is 24.1 Å². The zero-order valence-corrected chi connectivity index (χ0v) is 22.5. The third-order valence-corrected chi connectivity index (χ3v) is 8.83. The number of thiophene rings is 1. The first-order chi connectivity index (χ1) is 18.5. The van der Waals surface area contributed by atoms with Crippen LogP contribution in [-0.4, -0.2) is 28.1 Å². The van der Waals surface area contributed by atoms with E-state index >= 15 is 0 Å². The van der Waals surface area contributed by atoms with E-state index in [2.05, 4.69) is 59.4 Å². The largest absolute Gasteiger partial charge is 0.462 e. The summed E-state index contributed by atoms with van der Waals surface area (Å²) in [6.07, 6.45) is 6.66. The number of carbonyl (C=O) groups excluding carboxylic acids is 2. The number of ether oxygens (including phenoxy) is 1. The smallest absolute Gasteiger partial charge is 0.340 e. The maximum Gasteiger partial charge on any atom is 0.340 e. The number of rotatable bonds is 4. The van der Waals surface area contributed by atoms with Crippen LogP contribution >= 0.6 is 11.3 Å². The van der Waals surface area contributed by atoms with Crippen molar-refractivity contribution in [3.8, 4) is 5.00 Å². The number of benzene rings is 2. The van der Waals surface area contributed by atoms with Gasteiger partial charge in [-0.3, -0.25) is 0 Å². The van der Waals surface area contributed by atoms with Gasteiger partial charge in [-0.05, 0) is 74.9 Å². The molecule has 0 bridgehead atoms. The number of hydrogen-bond donors (Lipinski definition) is 1. The van der Waals surface area contributed by atoms with Crippen molar-refractivity contribution in [2.24, 2.45) is 0 Å².